The number of aliphatic hydroxyl groups is 1. The van der Waals surface area contributed by atoms with Crippen LogP contribution in [0.1, 0.15) is 18.1 Å². The van der Waals surface area contributed by atoms with E-state index in [1.807, 2.05) is 31.2 Å². The zero-order valence-corrected chi connectivity index (χ0v) is 16.9. The number of aliphatic hydroxyl groups excluding tert-OH is 1. The molecule has 1 atom stereocenters. The molecule has 0 spiro atoms. The number of hydrogen-bond acceptors (Lipinski definition) is 4. The molecule has 3 N–H and O–H groups in total. The summed E-state index contributed by atoms with van der Waals surface area (Å²) in [4.78, 5) is 21.5. The number of anilines is 2. The molecule has 6 nitrogen and oxygen atoms in total. The number of aryl methyl sites for hydroxylation is 1. The van der Waals surface area contributed by atoms with Crippen molar-refractivity contribution in [2.45, 2.75) is 26.6 Å². The minimum atomic E-state index is -0.484. The van der Waals surface area contributed by atoms with Crippen molar-refractivity contribution in [1.29, 1.82) is 0 Å². The van der Waals surface area contributed by atoms with Crippen LogP contribution in [0.25, 0.3) is 11.1 Å². The number of amides is 2. The van der Waals surface area contributed by atoms with Gasteiger partial charge in [0.15, 0.2) is 6.10 Å². The van der Waals surface area contributed by atoms with E-state index in [0.717, 1.165) is 16.7 Å². The minimum absolute atomic E-state index is 0.0892. The van der Waals surface area contributed by atoms with E-state index in [1.165, 1.54) is 5.56 Å². The Bertz CT molecular complexity index is 1030. The van der Waals surface area contributed by atoms with Gasteiger partial charge >= 0.3 is 0 Å². The smallest absolute Gasteiger partial charge is 0.265 e. The molecule has 6 heteroatoms. The highest BCUT2D eigenvalue weighted by atomic mass is 16.5. The number of nitrogens with one attached hydrogen (secondary N) is 2. The second-order valence-electron chi connectivity index (χ2n) is 6.91. The van der Waals surface area contributed by atoms with E-state index in [0.29, 0.717) is 23.5 Å². The van der Waals surface area contributed by atoms with Crippen molar-refractivity contribution in [2.75, 3.05) is 10.6 Å². The van der Waals surface area contributed by atoms with Crippen molar-refractivity contribution >= 4 is 23.7 Å². The molecule has 0 fully saturated rings. The van der Waals surface area contributed by atoms with Crippen molar-refractivity contribution < 1.29 is 19.4 Å². The van der Waals surface area contributed by atoms with Gasteiger partial charge in [0, 0.05) is 5.69 Å². The van der Waals surface area contributed by atoms with Crippen molar-refractivity contribution in [3.05, 3.63) is 77.9 Å². The predicted octanol–water partition coefficient (Wildman–Crippen LogP) is 4.13. The van der Waals surface area contributed by atoms with Crippen molar-refractivity contribution in [3.8, 4) is 16.9 Å². The monoisotopic (exact) mass is 404 g/mol. The fraction of sp³-hybridized carbons (Fsp3) is 0.167. The first kappa shape index (κ1) is 21.1. The van der Waals surface area contributed by atoms with E-state index in [1.54, 1.807) is 25.1 Å². The lowest BCUT2D eigenvalue weighted by molar-refractivity contribution is -0.122. The molecule has 0 saturated heterocycles. The van der Waals surface area contributed by atoms with Gasteiger partial charge in [0.05, 0.1) is 12.3 Å². The molecule has 0 saturated carbocycles. The molecule has 2 amide bonds. The topological polar surface area (TPSA) is 87.7 Å². The Morgan fingerprint density at radius 3 is 2.57 bits per heavy atom. The Hall–Kier alpha value is -3.64. The van der Waals surface area contributed by atoms with Gasteiger partial charge in [0.25, 0.3) is 5.91 Å². The largest absolute Gasteiger partial charge is 0.479 e. The first-order chi connectivity index (χ1) is 14.5. The lowest BCUT2D eigenvalue weighted by atomic mass is 9.98. The summed E-state index contributed by atoms with van der Waals surface area (Å²) in [7, 11) is 0. The average Bonchev–Trinajstić information content (AvgIpc) is 2.76. The van der Waals surface area contributed by atoms with Gasteiger partial charge in [0.2, 0.25) is 6.41 Å². The van der Waals surface area contributed by atoms with E-state index >= 15 is 0 Å². The highest BCUT2D eigenvalue weighted by Gasteiger charge is 2.23. The zero-order chi connectivity index (χ0) is 21.5. The van der Waals surface area contributed by atoms with E-state index in [9.17, 15) is 14.7 Å². The molecule has 1 unspecified atom stereocenters. The molecule has 1 heterocycles. The van der Waals surface area contributed by atoms with Crippen LogP contribution < -0.4 is 15.4 Å². The molecule has 3 aromatic carbocycles. The molecule has 0 bridgehead atoms. The summed E-state index contributed by atoms with van der Waals surface area (Å²) in [5.74, 6) is 0.421. The van der Waals surface area contributed by atoms with Gasteiger partial charge in [0.1, 0.15) is 5.75 Å². The highest BCUT2D eigenvalue weighted by Crippen LogP contribution is 2.31. The Labute approximate surface area is 175 Å². The molecular weight excluding hydrogens is 380 g/mol. The van der Waals surface area contributed by atoms with Crippen LogP contribution in [-0.4, -0.2) is 23.5 Å². The molecule has 4 rings (SSSR count). The second kappa shape index (κ2) is 9.71. The third kappa shape index (κ3) is 5.04. The molecule has 3 aromatic rings. The van der Waals surface area contributed by atoms with Crippen molar-refractivity contribution in [3.63, 3.8) is 0 Å². The van der Waals surface area contributed by atoms with Crippen LogP contribution in [0.15, 0.2) is 66.7 Å². The Morgan fingerprint density at radius 1 is 1.10 bits per heavy atom. The Kier molecular flexibility index (Phi) is 6.83. The number of rotatable bonds is 4. The van der Waals surface area contributed by atoms with Crippen LogP contribution in [0.4, 0.5) is 11.4 Å². The summed E-state index contributed by atoms with van der Waals surface area (Å²) < 4.78 is 5.35. The first-order valence-corrected chi connectivity index (χ1v) is 9.59. The molecule has 154 valence electrons. The number of carbonyl (C=O) groups excluding carboxylic acids is 2. The number of hydrogen-bond donors (Lipinski definition) is 3. The average molecular weight is 404 g/mol. The third-order valence-corrected chi connectivity index (χ3v) is 4.65. The predicted molar refractivity (Wildman–Crippen MR) is 117 cm³/mol. The minimum Gasteiger partial charge on any atom is -0.479 e. The van der Waals surface area contributed by atoms with Gasteiger partial charge in [-0.1, -0.05) is 54.1 Å². The molecule has 30 heavy (non-hydrogen) atoms. The summed E-state index contributed by atoms with van der Waals surface area (Å²) in [5.41, 5.74) is 5.62. The van der Waals surface area contributed by atoms with Gasteiger partial charge in [-0.2, -0.15) is 0 Å². The third-order valence-electron chi connectivity index (χ3n) is 4.65. The highest BCUT2D eigenvalue weighted by molar-refractivity contribution is 5.98. The quantitative estimate of drug-likeness (QED) is 0.571. The summed E-state index contributed by atoms with van der Waals surface area (Å²) in [5, 5.41) is 14.5. The number of benzene rings is 3. The number of carbonyl (C=O) groups is 2. The molecular formula is C24H24N2O4. The van der Waals surface area contributed by atoms with E-state index < -0.39 is 6.10 Å². The maximum absolute atomic E-state index is 11.3. The van der Waals surface area contributed by atoms with Crippen LogP contribution in [0, 0.1) is 6.92 Å². The Balaban J connectivity index is 0.000000171. The summed E-state index contributed by atoms with van der Waals surface area (Å²) >= 11 is 0. The fourth-order valence-corrected chi connectivity index (χ4v) is 3.12. The normalized spacial score (nSPS) is 14.4. The van der Waals surface area contributed by atoms with E-state index in [-0.39, 0.29) is 12.5 Å². The SMILES string of the molecule is CC1Oc2ccc(NC=O)cc2NC1=O.Cc1ccc(-c2ccccc2)c(CO)c1. The zero-order valence-electron chi connectivity index (χ0n) is 16.9. The van der Waals surface area contributed by atoms with E-state index in [2.05, 4.69) is 34.9 Å². The van der Waals surface area contributed by atoms with Crippen LogP contribution in [0.5, 0.6) is 5.75 Å². The molecule has 1 aliphatic heterocycles. The maximum Gasteiger partial charge on any atom is 0.265 e. The van der Waals surface area contributed by atoms with E-state index in [4.69, 9.17) is 4.74 Å². The van der Waals surface area contributed by atoms with Gasteiger partial charge in [-0.3, -0.25) is 9.59 Å². The lowest BCUT2D eigenvalue weighted by Gasteiger charge is -2.23. The standard InChI is InChI=1S/C14H14O.C10H10N2O3/c1-11-7-8-14(13(9-11)10-15)12-5-3-2-4-6-12;1-6-10(14)12-8-4-7(11-5-13)2-3-9(8)15-6/h2-9,15H,10H2,1H3;2-6H,1H3,(H,11,13)(H,12,14). The van der Waals surface area contributed by atoms with Crippen LogP contribution >= 0.6 is 0 Å². The van der Waals surface area contributed by atoms with Crippen LogP contribution in [0.2, 0.25) is 0 Å². The molecule has 1 aliphatic rings. The lowest BCUT2D eigenvalue weighted by Crippen LogP contribution is -2.34. The molecule has 0 aromatic heterocycles. The van der Waals surface area contributed by atoms with Gasteiger partial charge in [-0.25, -0.2) is 0 Å². The number of ether oxygens (including phenoxy) is 1. The molecule has 0 aliphatic carbocycles. The summed E-state index contributed by atoms with van der Waals surface area (Å²) in [6, 6.07) is 21.4. The fourth-order valence-electron chi connectivity index (χ4n) is 3.12. The van der Waals surface area contributed by atoms with Gasteiger partial charge in [-0.05, 0) is 48.7 Å². The summed E-state index contributed by atoms with van der Waals surface area (Å²) in [6.07, 6.45) is 0.0953. The summed E-state index contributed by atoms with van der Waals surface area (Å²) in [6.45, 7) is 3.80. The molecule has 0 radical (unpaired) electrons. The van der Waals surface area contributed by atoms with Crippen LogP contribution in [-0.2, 0) is 16.2 Å². The second-order valence-corrected chi connectivity index (χ2v) is 6.91. The van der Waals surface area contributed by atoms with Gasteiger partial charge in [-0.15, -0.1) is 0 Å². The van der Waals surface area contributed by atoms with Gasteiger partial charge < -0.3 is 20.5 Å². The van der Waals surface area contributed by atoms with Crippen LogP contribution in [0.3, 0.4) is 0 Å². The Morgan fingerprint density at radius 2 is 1.87 bits per heavy atom. The van der Waals surface area contributed by atoms with Crippen molar-refractivity contribution in [2.24, 2.45) is 0 Å². The van der Waals surface area contributed by atoms with Crippen molar-refractivity contribution in [1.82, 2.24) is 0 Å². The maximum atomic E-state index is 11.3. The first-order valence-electron chi connectivity index (χ1n) is 9.59. The number of fused-ring (bicyclic) bond motifs is 1.